The fourth-order valence-electron chi connectivity index (χ4n) is 2.85. The Labute approximate surface area is 161 Å². The maximum absolute atomic E-state index is 12.4. The fraction of sp³-hybridized carbons (Fsp3) is 0.294. The topological polar surface area (TPSA) is 75.4 Å². The molecular formula is C17H19Cl2N3O2S. The molecule has 2 aromatic rings. The summed E-state index contributed by atoms with van der Waals surface area (Å²) in [5, 5.41) is 3.93. The number of rotatable bonds is 4. The molecule has 0 atom stereocenters. The van der Waals surface area contributed by atoms with Gasteiger partial charge in [-0.2, -0.15) is 0 Å². The van der Waals surface area contributed by atoms with Crippen LogP contribution >= 0.6 is 35.3 Å². The highest BCUT2D eigenvalue weighted by Gasteiger charge is 2.27. The van der Waals surface area contributed by atoms with Crippen LogP contribution in [-0.2, 0) is 13.0 Å². The van der Waals surface area contributed by atoms with Crippen molar-refractivity contribution in [3.63, 3.8) is 0 Å². The van der Waals surface area contributed by atoms with Gasteiger partial charge in [-0.05, 0) is 42.8 Å². The van der Waals surface area contributed by atoms with E-state index in [0.29, 0.717) is 21.2 Å². The van der Waals surface area contributed by atoms with E-state index in [1.807, 2.05) is 0 Å². The maximum atomic E-state index is 12.4. The van der Waals surface area contributed by atoms with Crippen LogP contribution in [0.25, 0.3) is 0 Å². The molecular weight excluding hydrogens is 381 g/mol. The zero-order valence-electron chi connectivity index (χ0n) is 13.7. The van der Waals surface area contributed by atoms with Crippen molar-refractivity contribution in [3.8, 4) is 0 Å². The van der Waals surface area contributed by atoms with Gasteiger partial charge in [0.15, 0.2) is 0 Å². The summed E-state index contributed by atoms with van der Waals surface area (Å²) in [6.07, 6.45) is 0.773. The number of nitrogens with one attached hydrogen (secondary N) is 1. The normalized spacial score (nSPS) is 13.7. The van der Waals surface area contributed by atoms with Crippen LogP contribution in [0.15, 0.2) is 24.3 Å². The summed E-state index contributed by atoms with van der Waals surface area (Å²) in [5.74, 6) is -0.774. The molecule has 0 saturated carbocycles. The summed E-state index contributed by atoms with van der Waals surface area (Å²) in [6, 6.07) is 6.61. The van der Waals surface area contributed by atoms with Crippen LogP contribution < -0.4 is 11.1 Å². The van der Waals surface area contributed by atoms with Gasteiger partial charge in [0.05, 0.1) is 5.56 Å². The summed E-state index contributed by atoms with van der Waals surface area (Å²) in [5.41, 5.74) is 7.48. The van der Waals surface area contributed by atoms with Crippen molar-refractivity contribution in [2.45, 2.75) is 19.9 Å². The van der Waals surface area contributed by atoms with Crippen molar-refractivity contribution in [3.05, 3.63) is 50.9 Å². The summed E-state index contributed by atoms with van der Waals surface area (Å²) in [6.45, 7) is 4.74. The Hall–Kier alpha value is -1.60. The molecule has 0 spiro atoms. The SMILES string of the molecule is CCN1CCc2c(sc(NC(=O)c3ccc(Cl)cc3)c2C(N)=O)C1.Cl. The number of halogens is 2. The van der Waals surface area contributed by atoms with E-state index < -0.39 is 5.91 Å². The lowest BCUT2D eigenvalue weighted by atomic mass is 10.0. The van der Waals surface area contributed by atoms with E-state index in [1.165, 1.54) is 11.3 Å². The molecule has 1 aromatic carbocycles. The fourth-order valence-corrected chi connectivity index (χ4v) is 4.27. The molecule has 1 aromatic heterocycles. The second-order valence-electron chi connectivity index (χ2n) is 5.65. The highest BCUT2D eigenvalue weighted by atomic mass is 35.5. The van der Waals surface area contributed by atoms with Crippen LogP contribution in [0, 0.1) is 0 Å². The monoisotopic (exact) mass is 399 g/mol. The van der Waals surface area contributed by atoms with Gasteiger partial charge in [-0.25, -0.2) is 0 Å². The Morgan fingerprint density at radius 2 is 2.00 bits per heavy atom. The van der Waals surface area contributed by atoms with Crippen molar-refractivity contribution in [2.75, 3.05) is 18.4 Å². The number of anilines is 1. The molecule has 134 valence electrons. The van der Waals surface area contributed by atoms with Crippen molar-refractivity contribution < 1.29 is 9.59 Å². The molecule has 1 aliphatic rings. The van der Waals surface area contributed by atoms with Crippen LogP contribution in [0.2, 0.25) is 5.02 Å². The molecule has 2 amide bonds. The molecule has 0 unspecified atom stereocenters. The highest BCUT2D eigenvalue weighted by molar-refractivity contribution is 7.17. The molecule has 5 nitrogen and oxygen atoms in total. The molecule has 3 N–H and O–H groups in total. The third-order valence-electron chi connectivity index (χ3n) is 4.16. The van der Waals surface area contributed by atoms with Gasteiger partial charge in [-0.15, -0.1) is 23.7 Å². The Morgan fingerprint density at radius 3 is 2.60 bits per heavy atom. The summed E-state index contributed by atoms with van der Waals surface area (Å²) >= 11 is 7.28. The Kier molecular flexibility index (Phi) is 6.46. The number of amides is 2. The van der Waals surface area contributed by atoms with Gasteiger partial charge in [-0.1, -0.05) is 18.5 Å². The summed E-state index contributed by atoms with van der Waals surface area (Å²) < 4.78 is 0. The second-order valence-corrected chi connectivity index (χ2v) is 7.19. The lowest BCUT2D eigenvalue weighted by Crippen LogP contribution is -2.30. The lowest BCUT2D eigenvalue weighted by Gasteiger charge is -2.25. The largest absolute Gasteiger partial charge is 0.365 e. The molecule has 1 aliphatic heterocycles. The Balaban J connectivity index is 0.00000225. The smallest absolute Gasteiger partial charge is 0.256 e. The quantitative estimate of drug-likeness (QED) is 0.824. The van der Waals surface area contributed by atoms with Gasteiger partial charge in [0, 0.05) is 28.6 Å². The molecule has 3 rings (SSSR count). The first-order chi connectivity index (χ1) is 11.5. The van der Waals surface area contributed by atoms with Crippen LogP contribution in [0.3, 0.4) is 0 Å². The van der Waals surface area contributed by atoms with Crippen LogP contribution in [0.1, 0.15) is 38.1 Å². The summed E-state index contributed by atoms with van der Waals surface area (Å²) in [4.78, 5) is 27.7. The number of fused-ring (bicyclic) bond motifs is 1. The minimum Gasteiger partial charge on any atom is -0.365 e. The zero-order valence-corrected chi connectivity index (χ0v) is 16.1. The van der Waals surface area contributed by atoms with Crippen molar-refractivity contribution in [1.82, 2.24) is 4.90 Å². The van der Waals surface area contributed by atoms with Crippen LogP contribution in [0.4, 0.5) is 5.00 Å². The van der Waals surface area contributed by atoms with E-state index in [2.05, 4.69) is 17.1 Å². The van der Waals surface area contributed by atoms with Crippen molar-refractivity contribution >= 4 is 52.2 Å². The third kappa shape index (κ3) is 4.15. The maximum Gasteiger partial charge on any atom is 0.256 e. The van der Waals surface area contributed by atoms with Gasteiger partial charge in [0.2, 0.25) is 0 Å². The molecule has 0 radical (unpaired) electrons. The predicted octanol–water partition coefficient (Wildman–Crippen LogP) is 3.55. The number of benzene rings is 1. The second kappa shape index (κ2) is 8.19. The third-order valence-corrected chi connectivity index (χ3v) is 5.55. The van der Waals surface area contributed by atoms with Gasteiger partial charge >= 0.3 is 0 Å². The number of nitrogens with zero attached hydrogens (tertiary/aromatic N) is 1. The molecule has 0 bridgehead atoms. The minimum absolute atomic E-state index is 0. The number of thiophene rings is 1. The van der Waals surface area contributed by atoms with E-state index >= 15 is 0 Å². The van der Waals surface area contributed by atoms with Gasteiger partial charge < -0.3 is 11.1 Å². The molecule has 2 heterocycles. The number of hydrogen-bond acceptors (Lipinski definition) is 4. The van der Waals surface area contributed by atoms with Crippen molar-refractivity contribution in [1.29, 1.82) is 0 Å². The van der Waals surface area contributed by atoms with Crippen LogP contribution in [0.5, 0.6) is 0 Å². The van der Waals surface area contributed by atoms with E-state index in [9.17, 15) is 9.59 Å². The minimum atomic E-state index is -0.496. The Bertz CT molecular complexity index is 790. The van der Waals surface area contributed by atoms with Gasteiger partial charge in [0.25, 0.3) is 11.8 Å². The number of carbonyl (C=O) groups is 2. The van der Waals surface area contributed by atoms with E-state index in [-0.39, 0.29) is 18.3 Å². The van der Waals surface area contributed by atoms with E-state index in [1.54, 1.807) is 24.3 Å². The first kappa shape index (κ1) is 19.7. The number of carbonyl (C=O) groups excluding carboxylic acids is 2. The molecule has 25 heavy (non-hydrogen) atoms. The van der Waals surface area contributed by atoms with Crippen molar-refractivity contribution in [2.24, 2.45) is 5.73 Å². The standard InChI is InChI=1S/C17H18ClN3O2S.ClH/c1-2-21-8-7-12-13(9-21)24-17(14(12)15(19)22)20-16(23)10-3-5-11(18)6-4-10;/h3-6H,2,7-9H2,1H3,(H2,19,22)(H,20,23);1H. The highest BCUT2D eigenvalue weighted by Crippen LogP contribution is 2.37. The Morgan fingerprint density at radius 1 is 1.32 bits per heavy atom. The first-order valence-electron chi connectivity index (χ1n) is 7.73. The van der Waals surface area contributed by atoms with Gasteiger partial charge in [-0.3, -0.25) is 14.5 Å². The van der Waals surface area contributed by atoms with Crippen LogP contribution in [-0.4, -0.2) is 29.8 Å². The zero-order chi connectivity index (χ0) is 17.3. The first-order valence-corrected chi connectivity index (χ1v) is 8.92. The lowest BCUT2D eigenvalue weighted by molar-refractivity contribution is 0.1000. The number of nitrogens with two attached hydrogens (primary N) is 1. The predicted molar refractivity (Wildman–Crippen MR) is 104 cm³/mol. The van der Waals surface area contributed by atoms with Gasteiger partial charge in [0.1, 0.15) is 5.00 Å². The number of hydrogen-bond donors (Lipinski definition) is 2. The molecule has 0 fully saturated rings. The molecule has 0 saturated heterocycles. The molecule has 8 heteroatoms. The average molecular weight is 400 g/mol. The number of likely N-dealkylation sites (N-methyl/N-ethyl adjacent to an activating group) is 1. The number of primary amides is 1. The van der Waals surface area contributed by atoms with E-state index in [0.717, 1.165) is 36.5 Å². The molecule has 0 aliphatic carbocycles. The van der Waals surface area contributed by atoms with E-state index in [4.69, 9.17) is 17.3 Å². The summed E-state index contributed by atoms with van der Waals surface area (Å²) in [7, 11) is 0. The average Bonchev–Trinajstić information content (AvgIpc) is 2.92.